The van der Waals surface area contributed by atoms with Crippen LogP contribution in [-0.2, 0) is 10.0 Å². The van der Waals surface area contributed by atoms with E-state index in [2.05, 4.69) is 10.0 Å². The Bertz CT molecular complexity index is 553. The molecular weight excluding hydrogens is 288 g/mol. The number of aliphatic hydroxyl groups is 1. The summed E-state index contributed by atoms with van der Waals surface area (Å²) in [6.07, 6.45) is 1.06. The van der Waals surface area contributed by atoms with E-state index in [1.165, 1.54) is 0 Å². The Morgan fingerprint density at radius 1 is 1.37 bits per heavy atom. The van der Waals surface area contributed by atoms with Gasteiger partial charge in [-0.1, -0.05) is 11.6 Å². The van der Waals surface area contributed by atoms with Crippen LogP contribution < -0.4 is 10.0 Å². The van der Waals surface area contributed by atoms with Crippen LogP contribution in [0.1, 0.15) is 20.8 Å². The van der Waals surface area contributed by atoms with Gasteiger partial charge in [-0.3, -0.25) is 4.72 Å². The largest absolute Gasteiger partial charge is 0.388 e. The molecule has 0 aliphatic rings. The smallest absolute Gasteiger partial charge is 0.229 e. The first-order valence-corrected chi connectivity index (χ1v) is 8.02. The average molecular weight is 307 g/mol. The first-order chi connectivity index (χ1) is 8.49. The zero-order valence-electron chi connectivity index (χ0n) is 11.4. The minimum atomic E-state index is -3.35. The van der Waals surface area contributed by atoms with Crippen LogP contribution in [0.4, 0.5) is 11.4 Å². The van der Waals surface area contributed by atoms with Gasteiger partial charge in [0, 0.05) is 5.69 Å². The lowest BCUT2D eigenvalue weighted by molar-refractivity contribution is 0.0649. The van der Waals surface area contributed by atoms with Crippen molar-refractivity contribution in [2.45, 2.75) is 32.4 Å². The summed E-state index contributed by atoms with van der Waals surface area (Å²) in [6, 6.07) is 4.69. The molecule has 0 aliphatic heterocycles. The van der Waals surface area contributed by atoms with Gasteiger partial charge < -0.3 is 10.4 Å². The Hall–Kier alpha value is -0.980. The molecule has 0 aromatic heterocycles. The van der Waals surface area contributed by atoms with Crippen LogP contribution in [0.15, 0.2) is 18.2 Å². The molecule has 5 nitrogen and oxygen atoms in total. The molecule has 0 radical (unpaired) electrons. The molecule has 0 amide bonds. The van der Waals surface area contributed by atoms with Gasteiger partial charge in [0.2, 0.25) is 10.0 Å². The Labute approximate surface area is 119 Å². The van der Waals surface area contributed by atoms with Crippen molar-refractivity contribution in [3.63, 3.8) is 0 Å². The van der Waals surface area contributed by atoms with Crippen molar-refractivity contribution in [2.24, 2.45) is 0 Å². The monoisotopic (exact) mass is 306 g/mol. The van der Waals surface area contributed by atoms with E-state index in [0.29, 0.717) is 16.4 Å². The maximum Gasteiger partial charge on any atom is 0.229 e. The standard InChI is InChI=1S/C12H19ClN2O3S/c1-8(12(2,3)16)14-9-5-6-11(10(13)7-9)15-19(4,17)18/h5-8,14-16H,1-4H3. The molecule has 0 saturated carbocycles. The van der Waals surface area contributed by atoms with Crippen LogP contribution in [0.2, 0.25) is 5.02 Å². The number of halogens is 1. The lowest BCUT2D eigenvalue weighted by Crippen LogP contribution is -2.39. The SMILES string of the molecule is CC(Nc1ccc(NS(C)(=O)=O)c(Cl)c1)C(C)(C)O. The van der Waals surface area contributed by atoms with Crippen molar-refractivity contribution in [1.82, 2.24) is 0 Å². The molecule has 0 aliphatic carbocycles. The summed E-state index contributed by atoms with van der Waals surface area (Å²) in [4.78, 5) is 0. The average Bonchev–Trinajstić information content (AvgIpc) is 2.19. The van der Waals surface area contributed by atoms with Gasteiger partial charge in [0.1, 0.15) is 0 Å². The Morgan fingerprint density at radius 3 is 2.37 bits per heavy atom. The molecule has 1 atom stereocenters. The van der Waals surface area contributed by atoms with E-state index in [0.717, 1.165) is 6.26 Å². The summed E-state index contributed by atoms with van der Waals surface area (Å²) in [6.45, 7) is 5.24. The van der Waals surface area contributed by atoms with Gasteiger partial charge in [-0.05, 0) is 39.0 Å². The van der Waals surface area contributed by atoms with Crippen LogP contribution >= 0.6 is 11.6 Å². The maximum absolute atomic E-state index is 11.1. The van der Waals surface area contributed by atoms with Crippen LogP contribution in [-0.4, -0.2) is 31.4 Å². The molecule has 0 spiro atoms. The summed E-state index contributed by atoms with van der Waals surface area (Å²) in [5.41, 5.74) is 0.153. The van der Waals surface area contributed by atoms with E-state index in [1.54, 1.807) is 32.0 Å². The molecule has 108 valence electrons. The van der Waals surface area contributed by atoms with Crippen LogP contribution in [0, 0.1) is 0 Å². The second-order valence-corrected chi connectivity index (χ2v) is 7.24. The predicted octanol–water partition coefficient (Wildman–Crippen LogP) is 2.28. The Kier molecular flexibility index (Phi) is 4.71. The third-order valence-corrected chi connectivity index (χ3v) is 3.61. The molecule has 1 rings (SSSR count). The fourth-order valence-electron chi connectivity index (χ4n) is 1.31. The summed E-state index contributed by atoms with van der Waals surface area (Å²) in [5, 5.41) is 13.2. The zero-order chi connectivity index (χ0) is 14.8. The van der Waals surface area contributed by atoms with E-state index >= 15 is 0 Å². The first-order valence-electron chi connectivity index (χ1n) is 5.75. The normalized spacial score (nSPS) is 14.0. The molecule has 0 saturated heterocycles. The molecule has 0 fully saturated rings. The number of hydrogen-bond acceptors (Lipinski definition) is 4. The van der Waals surface area contributed by atoms with Crippen molar-refractivity contribution < 1.29 is 13.5 Å². The molecule has 1 aromatic carbocycles. The molecule has 3 N–H and O–H groups in total. The highest BCUT2D eigenvalue weighted by Crippen LogP contribution is 2.27. The molecular formula is C12H19ClN2O3S. The number of sulfonamides is 1. The van der Waals surface area contributed by atoms with Crippen LogP contribution in [0.25, 0.3) is 0 Å². The van der Waals surface area contributed by atoms with Crippen molar-refractivity contribution in [3.05, 3.63) is 23.2 Å². The minimum Gasteiger partial charge on any atom is -0.388 e. The lowest BCUT2D eigenvalue weighted by atomic mass is 10.0. The van der Waals surface area contributed by atoms with E-state index in [-0.39, 0.29) is 6.04 Å². The molecule has 1 unspecified atom stereocenters. The third kappa shape index (κ3) is 5.26. The first kappa shape index (κ1) is 16.1. The molecule has 1 aromatic rings. The highest BCUT2D eigenvalue weighted by Gasteiger charge is 2.22. The quantitative estimate of drug-likeness (QED) is 0.780. The fourth-order valence-corrected chi connectivity index (χ4v) is 2.18. The van der Waals surface area contributed by atoms with Crippen LogP contribution in [0.3, 0.4) is 0 Å². The molecule has 0 heterocycles. The van der Waals surface area contributed by atoms with E-state index in [1.807, 2.05) is 6.92 Å². The van der Waals surface area contributed by atoms with E-state index in [4.69, 9.17) is 11.6 Å². The number of anilines is 2. The van der Waals surface area contributed by atoms with E-state index < -0.39 is 15.6 Å². The van der Waals surface area contributed by atoms with Crippen molar-refractivity contribution >= 4 is 33.0 Å². The van der Waals surface area contributed by atoms with E-state index in [9.17, 15) is 13.5 Å². The van der Waals surface area contributed by atoms with Gasteiger partial charge in [0.15, 0.2) is 0 Å². The van der Waals surface area contributed by atoms with Gasteiger partial charge in [-0.25, -0.2) is 8.42 Å². The third-order valence-electron chi connectivity index (χ3n) is 2.71. The topological polar surface area (TPSA) is 78.4 Å². The number of nitrogens with one attached hydrogen (secondary N) is 2. The van der Waals surface area contributed by atoms with Gasteiger partial charge in [0.05, 0.1) is 28.6 Å². The summed E-state index contributed by atoms with van der Waals surface area (Å²) >= 11 is 6.00. The summed E-state index contributed by atoms with van der Waals surface area (Å²) in [7, 11) is -3.35. The number of hydrogen-bond donors (Lipinski definition) is 3. The minimum absolute atomic E-state index is 0.183. The second kappa shape index (κ2) is 5.56. The van der Waals surface area contributed by atoms with Gasteiger partial charge in [0.25, 0.3) is 0 Å². The predicted molar refractivity (Wildman–Crippen MR) is 79.3 cm³/mol. The highest BCUT2D eigenvalue weighted by molar-refractivity contribution is 7.92. The van der Waals surface area contributed by atoms with Crippen molar-refractivity contribution in [1.29, 1.82) is 0 Å². The summed E-state index contributed by atoms with van der Waals surface area (Å²) < 4.78 is 24.6. The van der Waals surface area contributed by atoms with Gasteiger partial charge >= 0.3 is 0 Å². The van der Waals surface area contributed by atoms with Crippen molar-refractivity contribution in [3.8, 4) is 0 Å². The molecule has 7 heteroatoms. The molecule has 0 bridgehead atoms. The lowest BCUT2D eigenvalue weighted by Gasteiger charge is -2.27. The van der Waals surface area contributed by atoms with Gasteiger partial charge in [-0.15, -0.1) is 0 Å². The van der Waals surface area contributed by atoms with Crippen molar-refractivity contribution in [2.75, 3.05) is 16.3 Å². The van der Waals surface area contributed by atoms with Crippen LogP contribution in [0.5, 0.6) is 0 Å². The number of rotatable bonds is 5. The zero-order valence-corrected chi connectivity index (χ0v) is 12.9. The number of benzene rings is 1. The highest BCUT2D eigenvalue weighted by atomic mass is 35.5. The van der Waals surface area contributed by atoms with Gasteiger partial charge in [-0.2, -0.15) is 0 Å². The Balaban J connectivity index is 2.89. The fraction of sp³-hybridized carbons (Fsp3) is 0.500. The molecule has 19 heavy (non-hydrogen) atoms. The Morgan fingerprint density at radius 2 is 1.95 bits per heavy atom. The second-order valence-electron chi connectivity index (χ2n) is 5.09. The maximum atomic E-state index is 11.1. The summed E-state index contributed by atoms with van der Waals surface area (Å²) in [5.74, 6) is 0.